The van der Waals surface area contributed by atoms with E-state index >= 15 is 0 Å². The van der Waals surface area contributed by atoms with E-state index in [0.29, 0.717) is 30.0 Å². The van der Waals surface area contributed by atoms with Crippen LogP contribution in [0, 0.1) is 0 Å². The number of sulfonamides is 1. The van der Waals surface area contributed by atoms with Gasteiger partial charge < -0.3 is 10.5 Å². The van der Waals surface area contributed by atoms with Crippen LogP contribution in [0.2, 0.25) is 0 Å². The lowest BCUT2D eigenvalue weighted by Crippen LogP contribution is -2.39. The molecule has 0 aromatic heterocycles. The van der Waals surface area contributed by atoms with E-state index in [2.05, 4.69) is 0 Å². The van der Waals surface area contributed by atoms with Gasteiger partial charge in [-0.2, -0.15) is 0 Å². The van der Waals surface area contributed by atoms with Crippen molar-refractivity contribution in [2.75, 3.05) is 17.1 Å². The van der Waals surface area contributed by atoms with Crippen LogP contribution < -0.4 is 14.8 Å². The first-order valence-corrected chi connectivity index (χ1v) is 10.5. The average Bonchev–Trinajstić information content (AvgIpc) is 3.09. The van der Waals surface area contributed by atoms with Crippen molar-refractivity contribution < 1.29 is 13.2 Å². The summed E-state index contributed by atoms with van der Waals surface area (Å²) in [5.74, 6) is 0.612. The van der Waals surface area contributed by atoms with E-state index in [1.807, 2.05) is 42.5 Å². The maximum absolute atomic E-state index is 13.6. The molecule has 1 aliphatic rings. The van der Waals surface area contributed by atoms with Gasteiger partial charge in [0, 0.05) is 0 Å². The van der Waals surface area contributed by atoms with Crippen LogP contribution in [-0.4, -0.2) is 21.6 Å². The van der Waals surface area contributed by atoms with Gasteiger partial charge in [-0.3, -0.25) is 4.31 Å². The van der Waals surface area contributed by atoms with Crippen molar-refractivity contribution in [3.05, 3.63) is 83.9 Å². The number of rotatable bonds is 5. The lowest BCUT2D eigenvalue weighted by atomic mass is 10.0. The number of hydrogen-bond donors (Lipinski definition) is 1. The number of hydrogen-bond acceptors (Lipinski definition) is 4. The topological polar surface area (TPSA) is 72.6 Å². The van der Waals surface area contributed by atoms with Gasteiger partial charge in [0.1, 0.15) is 5.75 Å². The number of nitrogens with two attached hydrogens (primary N) is 1. The molecule has 3 aromatic carbocycles. The summed E-state index contributed by atoms with van der Waals surface area (Å²) in [6.45, 7) is 0. The van der Waals surface area contributed by atoms with Gasteiger partial charge in [-0.1, -0.05) is 42.5 Å². The SMILES string of the molecule is COc1ccc(S(=O)(=O)N2c3c(N)cccc3CC2Cc2ccccc2)cc1. The normalized spacial score (nSPS) is 16.0. The van der Waals surface area contributed by atoms with Gasteiger partial charge in [0.15, 0.2) is 0 Å². The maximum Gasteiger partial charge on any atom is 0.264 e. The van der Waals surface area contributed by atoms with E-state index in [1.54, 1.807) is 37.4 Å². The van der Waals surface area contributed by atoms with Crippen molar-refractivity contribution in [1.82, 2.24) is 0 Å². The molecular formula is C22H22N2O3S. The first-order chi connectivity index (χ1) is 13.5. The van der Waals surface area contributed by atoms with Gasteiger partial charge in [0.25, 0.3) is 10.0 Å². The minimum atomic E-state index is -3.77. The summed E-state index contributed by atoms with van der Waals surface area (Å²) in [5, 5.41) is 0. The molecule has 28 heavy (non-hydrogen) atoms. The van der Waals surface area contributed by atoms with Crippen LogP contribution in [0.1, 0.15) is 11.1 Å². The van der Waals surface area contributed by atoms with Crippen LogP contribution in [0.4, 0.5) is 11.4 Å². The fourth-order valence-corrected chi connectivity index (χ4v) is 5.49. The molecule has 0 amide bonds. The lowest BCUT2D eigenvalue weighted by molar-refractivity contribution is 0.414. The summed E-state index contributed by atoms with van der Waals surface area (Å²) >= 11 is 0. The van der Waals surface area contributed by atoms with Crippen molar-refractivity contribution in [3.63, 3.8) is 0 Å². The van der Waals surface area contributed by atoms with Crippen molar-refractivity contribution in [3.8, 4) is 5.75 Å². The van der Waals surface area contributed by atoms with Crippen LogP contribution >= 0.6 is 0 Å². The Hall–Kier alpha value is -2.99. The zero-order valence-corrected chi connectivity index (χ0v) is 16.4. The first kappa shape index (κ1) is 18.4. The highest BCUT2D eigenvalue weighted by molar-refractivity contribution is 7.93. The van der Waals surface area contributed by atoms with Crippen molar-refractivity contribution in [2.24, 2.45) is 0 Å². The smallest absolute Gasteiger partial charge is 0.264 e. The van der Waals surface area contributed by atoms with E-state index in [0.717, 1.165) is 11.1 Å². The predicted octanol–water partition coefficient (Wildman–Crippen LogP) is 3.64. The van der Waals surface area contributed by atoms with E-state index in [-0.39, 0.29) is 10.9 Å². The number of anilines is 2. The molecule has 0 aliphatic carbocycles. The lowest BCUT2D eigenvalue weighted by Gasteiger charge is -2.28. The van der Waals surface area contributed by atoms with Crippen molar-refractivity contribution >= 4 is 21.4 Å². The molecule has 0 spiro atoms. The van der Waals surface area contributed by atoms with E-state index in [1.165, 1.54) is 4.31 Å². The molecule has 2 N–H and O–H groups in total. The molecule has 1 atom stereocenters. The standard InChI is InChI=1S/C22H22N2O3S/c1-27-19-10-12-20(13-11-19)28(25,26)24-18(14-16-6-3-2-4-7-16)15-17-8-5-9-21(23)22(17)24/h2-13,18H,14-15,23H2,1H3. The highest BCUT2D eigenvalue weighted by atomic mass is 32.2. The zero-order chi connectivity index (χ0) is 19.7. The third kappa shape index (κ3) is 3.20. The molecule has 1 heterocycles. The molecule has 0 saturated heterocycles. The van der Waals surface area contributed by atoms with Gasteiger partial charge in [-0.15, -0.1) is 0 Å². The van der Waals surface area contributed by atoms with Crippen molar-refractivity contribution in [2.45, 2.75) is 23.8 Å². The second-order valence-corrected chi connectivity index (χ2v) is 8.69. The number of nitrogens with zero attached hydrogens (tertiary/aromatic N) is 1. The Morgan fingerprint density at radius 2 is 1.71 bits per heavy atom. The summed E-state index contributed by atoms with van der Waals surface area (Å²) in [4.78, 5) is 0.225. The summed E-state index contributed by atoms with van der Waals surface area (Å²) < 4.78 is 33.8. The molecule has 144 valence electrons. The molecule has 0 radical (unpaired) electrons. The van der Waals surface area contributed by atoms with E-state index < -0.39 is 10.0 Å². The first-order valence-electron chi connectivity index (χ1n) is 9.10. The van der Waals surface area contributed by atoms with Gasteiger partial charge in [0.05, 0.1) is 29.4 Å². The van der Waals surface area contributed by atoms with Crippen LogP contribution in [0.5, 0.6) is 5.75 Å². The Morgan fingerprint density at radius 3 is 2.39 bits per heavy atom. The molecule has 6 heteroatoms. The van der Waals surface area contributed by atoms with Gasteiger partial charge in [-0.25, -0.2) is 8.42 Å². The maximum atomic E-state index is 13.6. The number of methoxy groups -OCH3 is 1. The molecule has 0 fully saturated rings. The highest BCUT2D eigenvalue weighted by Crippen LogP contribution is 2.41. The Balaban J connectivity index is 1.79. The van der Waals surface area contributed by atoms with Crippen LogP contribution in [-0.2, 0) is 22.9 Å². The van der Waals surface area contributed by atoms with Gasteiger partial charge in [-0.05, 0) is 54.3 Å². The van der Waals surface area contributed by atoms with Crippen LogP contribution in [0.15, 0.2) is 77.7 Å². The predicted molar refractivity (Wildman–Crippen MR) is 111 cm³/mol. The second kappa shape index (κ2) is 7.20. The monoisotopic (exact) mass is 394 g/mol. The number of benzene rings is 3. The quantitative estimate of drug-likeness (QED) is 0.671. The fourth-order valence-electron chi connectivity index (χ4n) is 3.78. The summed E-state index contributed by atoms with van der Waals surface area (Å²) in [6, 6.07) is 21.7. The number of fused-ring (bicyclic) bond motifs is 1. The summed E-state index contributed by atoms with van der Waals surface area (Å²) in [5.41, 5.74) is 9.33. The fraction of sp³-hybridized carbons (Fsp3) is 0.182. The van der Waals surface area contributed by atoms with Crippen LogP contribution in [0.25, 0.3) is 0 Å². The van der Waals surface area contributed by atoms with E-state index in [9.17, 15) is 8.42 Å². The largest absolute Gasteiger partial charge is 0.497 e. The Bertz CT molecular complexity index is 1080. The molecule has 4 rings (SSSR count). The van der Waals surface area contributed by atoms with E-state index in [4.69, 9.17) is 10.5 Å². The highest BCUT2D eigenvalue weighted by Gasteiger charge is 2.39. The Kier molecular flexibility index (Phi) is 4.73. The molecule has 5 nitrogen and oxygen atoms in total. The Morgan fingerprint density at radius 1 is 1.00 bits per heavy atom. The summed E-state index contributed by atoms with van der Waals surface area (Å²) in [7, 11) is -2.22. The number of para-hydroxylation sites is 1. The van der Waals surface area contributed by atoms with Gasteiger partial charge in [0.2, 0.25) is 0 Å². The minimum absolute atomic E-state index is 0.225. The molecule has 1 unspecified atom stereocenters. The zero-order valence-electron chi connectivity index (χ0n) is 15.6. The molecular weight excluding hydrogens is 372 g/mol. The second-order valence-electron chi connectivity index (χ2n) is 6.88. The summed E-state index contributed by atoms with van der Waals surface area (Å²) in [6.07, 6.45) is 1.25. The average molecular weight is 394 g/mol. The molecule has 0 bridgehead atoms. The third-order valence-electron chi connectivity index (χ3n) is 5.09. The van der Waals surface area contributed by atoms with Gasteiger partial charge >= 0.3 is 0 Å². The minimum Gasteiger partial charge on any atom is -0.497 e. The molecule has 1 aliphatic heterocycles. The third-order valence-corrected chi connectivity index (χ3v) is 6.96. The molecule has 3 aromatic rings. The Labute approximate surface area is 165 Å². The number of ether oxygens (including phenoxy) is 1. The van der Waals surface area contributed by atoms with Crippen molar-refractivity contribution in [1.29, 1.82) is 0 Å². The molecule has 0 saturated carbocycles. The number of nitrogen functional groups attached to an aromatic ring is 1. The van der Waals surface area contributed by atoms with Crippen LogP contribution in [0.3, 0.4) is 0 Å².